The Hall–Kier alpha value is -2.11. The van der Waals surface area contributed by atoms with Crippen molar-refractivity contribution < 1.29 is 21.9 Å². The minimum Gasteiger partial charge on any atom is -0.486 e. The second-order valence-electron chi connectivity index (χ2n) is 4.94. The third-order valence-corrected chi connectivity index (χ3v) is 4.54. The number of benzene rings is 1. The van der Waals surface area contributed by atoms with Crippen LogP contribution in [0.1, 0.15) is 5.82 Å². The van der Waals surface area contributed by atoms with Crippen molar-refractivity contribution in [1.29, 1.82) is 0 Å². The van der Waals surface area contributed by atoms with Crippen molar-refractivity contribution in [3.8, 4) is 5.75 Å². The zero-order valence-electron chi connectivity index (χ0n) is 12.8. The summed E-state index contributed by atoms with van der Waals surface area (Å²) in [7, 11) is -2.34. The number of ether oxygens (including phenoxy) is 1. The first-order chi connectivity index (χ1) is 11.2. The first kappa shape index (κ1) is 18.2. The molecule has 0 atom stereocenters. The summed E-state index contributed by atoms with van der Waals surface area (Å²) in [5.41, 5.74) is 4.87. The summed E-state index contributed by atoms with van der Waals surface area (Å²) in [4.78, 5) is 3.83. The van der Waals surface area contributed by atoms with Gasteiger partial charge in [0.25, 0.3) is 5.92 Å². The van der Waals surface area contributed by atoms with Crippen LogP contribution in [0.4, 0.5) is 8.78 Å². The summed E-state index contributed by atoms with van der Waals surface area (Å²) in [5.74, 6) is -2.30. The predicted molar refractivity (Wildman–Crippen MR) is 81.0 cm³/mol. The van der Waals surface area contributed by atoms with Crippen molar-refractivity contribution in [2.45, 2.75) is 17.4 Å². The minimum absolute atomic E-state index is 0.152. The molecule has 0 saturated heterocycles. The molecule has 1 aromatic carbocycles. The molecule has 0 amide bonds. The molecule has 2 aromatic rings. The van der Waals surface area contributed by atoms with Gasteiger partial charge >= 0.3 is 0 Å². The number of alkyl halides is 2. The topological polar surface area (TPSA) is 112 Å². The largest absolute Gasteiger partial charge is 0.486 e. The van der Waals surface area contributed by atoms with Crippen LogP contribution in [-0.2, 0) is 23.7 Å². The number of hydrogen-bond donors (Lipinski definition) is 2. The predicted octanol–water partition coefficient (Wildman–Crippen LogP) is 0.266. The fraction of sp³-hybridized carbons (Fsp3) is 0.385. The van der Waals surface area contributed by atoms with Crippen molar-refractivity contribution in [2.75, 3.05) is 13.1 Å². The molecule has 0 spiro atoms. The number of nitrogens with zero attached hydrogens (tertiary/aromatic N) is 3. The lowest BCUT2D eigenvalue weighted by molar-refractivity contribution is 0.0170. The zero-order valence-corrected chi connectivity index (χ0v) is 13.6. The summed E-state index contributed by atoms with van der Waals surface area (Å²) < 4.78 is 58.8. The number of nitrogens with two attached hydrogens (primary N) is 1. The third-order valence-electron chi connectivity index (χ3n) is 3.13. The molecule has 3 N–H and O–H groups in total. The van der Waals surface area contributed by atoms with E-state index in [2.05, 4.69) is 10.1 Å². The highest BCUT2D eigenvalue weighted by Gasteiger charge is 2.29. The van der Waals surface area contributed by atoms with Crippen LogP contribution in [-0.4, -0.2) is 42.2 Å². The summed E-state index contributed by atoms with van der Waals surface area (Å²) in [6, 6.07) is 5.36. The summed E-state index contributed by atoms with van der Waals surface area (Å²) in [6.45, 7) is -1.84. The molecule has 0 bridgehead atoms. The lowest BCUT2D eigenvalue weighted by Gasteiger charge is -2.15. The van der Waals surface area contributed by atoms with E-state index in [1.807, 2.05) is 4.72 Å². The average molecular weight is 361 g/mol. The number of aryl methyl sites for hydroxylation is 1. The van der Waals surface area contributed by atoms with Crippen molar-refractivity contribution in [3.05, 3.63) is 36.4 Å². The summed E-state index contributed by atoms with van der Waals surface area (Å²) >= 11 is 0. The van der Waals surface area contributed by atoms with E-state index in [-0.39, 0.29) is 11.5 Å². The fourth-order valence-corrected chi connectivity index (χ4v) is 2.73. The van der Waals surface area contributed by atoms with Crippen molar-refractivity contribution >= 4 is 10.0 Å². The Labute approximate surface area is 137 Å². The van der Waals surface area contributed by atoms with Gasteiger partial charge in [0, 0.05) is 7.05 Å². The molecule has 1 aromatic heterocycles. The van der Waals surface area contributed by atoms with Crippen LogP contribution in [0.25, 0.3) is 0 Å². The maximum atomic E-state index is 13.0. The second kappa shape index (κ2) is 7.20. The summed E-state index contributed by atoms with van der Waals surface area (Å²) in [5, 5.41) is 3.89. The molecule has 0 fully saturated rings. The van der Waals surface area contributed by atoms with Gasteiger partial charge in [0.1, 0.15) is 18.7 Å². The van der Waals surface area contributed by atoms with Gasteiger partial charge in [0.2, 0.25) is 10.0 Å². The maximum absolute atomic E-state index is 13.0. The van der Waals surface area contributed by atoms with E-state index in [4.69, 9.17) is 10.5 Å². The van der Waals surface area contributed by atoms with Gasteiger partial charge in [-0.05, 0) is 24.3 Å². The lowest BCUT2D eigenvalue weighted by Crippen LogP contribution is -2.41. The quantitative estimate of drug-likeness (QED) is 0.698. The molecule has 8 nitrogen and oxygen atoms in total. The Morgan fingerprint density at radius 3 is 2.54 bits per heavy atom. The van der Waals surface area contributed by atoms with Crippen molar-refractivity contribution in [1.82, 2.24) is 19.5 Å². The van der Waals surface area contributed by atoms with E-state index in [9.17, 15) is 17.2 Å². The van der Waals surface area contributed by atoms with E-state index >= 15 is 0 Å². The zero-order chi connectivity index (χ0) is 17.8. The van der Waals surface area contributed by atoms with Crippen LogP contribution in [0.15, 0.2) is 35.5 Å². The molecule has 0 aliphatic heterocycles. The van der Waals surface area contributed by atoms with Crippen LogP contribution in [0, 0.1) is 0 Å². The van der Waals surface area contributed by atoms with E-state index in [1.54, 1.807) is 11.7 Å². The van der Waals surface area contributed by atoms with Gasteiger partial charge in [0.05, 0.1) is 18.0 Å². The number of sulfonamides is 1. The molecule has 0 aliphatic rings. The van der Waals surface area contributed by atoms with Gasteiger partial charge in [-0.25, -0.2) is 26.9 Å². The molecular formula is C13H17F2N5O3S. The number of aromatic nitrogens is 3. The molecule has 0 unspecified atom stereocenters. The Morgan fingerprint density at radius 1 is 1.33 bits per heavy atom. The number of nitrogens with one attached hydrogen (secondary N) is 1. The highest BCUT2D eigenvalue weighted by atomic mass is 32.2. The Morgan fingerprint density at radius 2 is 2.00 bits per heavy atom. The van der Waals surface area contributed by atoms with Crippen molar-refractivity contribution in [3.63, 3.8) is 0 Å². The van der Waals surface area contributed by atoms with Gasteiger partial charge < -0.3 is 10.5 Å². The van der Waals surface area contributed by atoms with Gasteiger partial charge in [-0.1, -0.05) is 0 Å². The van der Waals surface area contributed by atoms with E-state index in [0.717, 1.165) is 0 Å². The fourth-order valence-electron chi connectivity index (χ4n) is 1.67. The Kier molecular flexibility index (Phi) is 5.47. The molecule has 2 rings (SSSR count). The van der Waals surface area contributed by atoms with E-state index in [0.29, 0.717) is 11.6 Å². The molecule has 0 saturated carbocycles. The van der Waals surface area contributed by atoms with Crippen LogP contribution in [0.2, 0.25) is 0 Å². The highest BCUT2D eigenvalue weighted by Crippen LogP contribution is 2.18. The van der Waals surface area contributed by atoms with Gasteiger partial charge in [0.15, 0.2) is 5.82 Å². The second-order valence-corrected chi connectivity index (χ2v) is 6.71. The first-order valence-electron chi connectivity index (χ1n) is 6.87. The Balaban J connectivity index is 1.99. The maximum Gasteiger partial charge on any atom is 0.273 e. The number of hydrogen-bond acceptors (Lipinski definition) is 6. The Bertz CT molecular complexity index is 777. The number of halogens is 2. The molecule has 1 heterocycles. The minimum atomic E-state index is -4.05. The average Bonchev–Trinajstić information content (AvgIpc) is 2.97. The smallest absolute Gasteiger partial charge is 0.273 e. The lowest BCUT2D eigenvalue weighted by atomic mass is 10.3. The SMILES string of the molecule is Cn1ncnc1COc1ccc(S(=O)(=O)NCC(F)(F)CN)cc1. The first-order valence-corrected chi connectivity index (χ1v) is 8.35. The molecule has 132 valence electrons. The summed E-state index contributed by atoms with van der Waals surface area (Å²) in [6.07, 6.45) is 1.39. The highest BCUT2D eigenvalue weighted by molar-refractivity contribution is 7.89. The van der Waals surface area contributed by atoms with Gasteiger partial charge in [-0.15, -0.1) is 0 Å². The van der Waals surface area contributed by atoms with Crippen LogP contribution < -0.4 is 15.2 Å². The monoisotopic (exact) mass is 361 g/mol. The normalized spacial score (nSPS) is 12.3. The molecular weight excluding hydrogens is 344 g/mol. The molecule has 11 heteroatoms. The molecule has 0 radical (unpaired) electrons. The molecule has 24 heavy (non-hydrogen) atoms. The van der Waals surface area contributed by atoms with Gasteiger partial charge in [-0.2, -0.15) is 5.10 Å². The van der Waals surface area contributed by atoms with E-state index in [1.165, 1.54) is 30.6 Å². The molecule has 0 aliphatic carbocycles. The van der Waals surface area contributed by atoms with Crippen LogP contribution in [0.3, 0.4) is 0 Å². The van der Waals surface area contributed by atoms with E-state index < -0.39 is 29.0 Å². The van der Waals surface area contributed by atoms with Crippen molar-refractivity contribution in [2.24, 2.45) is 12.8 Å². The third kappa shape index (κ3) is 4.69. The standard InChI is InChI=1S/C13H17F2N5O3S/c1-20-12(17-9-18-20)6-23-10-2-4-11(5-3-10)24(21,22)19-8-13(14,15)7-16/h2-5,9,19H,6-8,16H2,1H3. The van der Waals surface area contributed by atoms with Gasteiger partial charge in [-0.3, -0.25) is 4.68 Å². The van der Waals surface area contributed by atoms with Crippen LogP contribution in [0.5, 0.6) is 5.75 Å². The number of rotatable bonds is 8. The van der Waals surface area contributed by atoms with Crippen LogP contribution >= 0.6 is 0 Å².